The fourth-order valence-electron chi connectivity index (χ4n) is 1.73. The smallest absolute Gasteiger partial charge is 0.222 e. The Balaban J connectivity index is 2.78. The number of sulfonamides is 1. The number of ether oxygens (including phenoxy) is 1. The SMILES string of the molecule is COCCNC(=O)C[C@H](NS(C)(=O)=O)c1ccc(Cl)cc1. The van der Waals surface area contributed by atoms with Crippen molar-refractivity contribution in [3.8, 4) is 0 Å². The molecule has 0 fully saturated rings. The van der Waals surface area contributed by atoms with Crippen molar-refractivity contribution < 1.29 is 17.9 Å². The van der Waals surface area contributed by atoms with E-state index < -0.39 is 16.1 Å². The molecule has 0 aliphatic carbocycles. The summed E-state index contributed by atoms with van der Waals surface area (Å²) in [4.78, 5) is 11.8. The van der Waals surface area contributed by atoms with Crippen LogP contribution >= 0.6 is 11.6 Å². The highest BCUT2D eigenvalue weighted by Gasteiger charge is 2.19. The Morgan fingerprint density at radius 1 is 1.33 bits per heavy atom. The summed E-state index contributed by atoms with van der Waals surface area (Å²) in [5.41, 5.74) is 0.673. The van der Waals surface area contributed by atoms with Crippen LogP contribution in [-0.2, 0) is 19.6 Å². The molecule has 8 heteroatoms. The number of carbonyl (C=O) groups excluding carboxylic acids is 1. The highest BCUT2D eigenvalue weighted by atomic mass is 35.5. The maximum absolute atomic E-state index is 11.8. The number of amides is 1. The predicted molar refractivity (Wildman–Crippen MR) is 81.7 cm³/mol. The highest BCUT2D eigenvalue weighted by Crippen LogP contribution is 2.20. The number of rotatable bonds is 8. The van der Waals surface area contributed by atoms with Crippen LogP contribution in [0.15, 0.2) is 24.3 Å². The summed E-state index contributed by atoms with van der Waals surface area (Å²) in [6.45, 7) is 0.776. The minimum atomic E-state index is -3.44. The summed E-state index contributed by atoms with van der Waals surface area (Å²) in [6, 6.07) is 6.04. The molecule has 1 atom stereocenters. The van der Waals surface area contributed by atoms with E-state index in [0.29, 0.717) is 23.7 Å². The van der Waals surface area contributed by atoms with E-state index in [4.69, 9.17) is 16.3 Å². The quantitative estimate of drug-likeness (QED) is 0.697. The topological polar surface area (TPSA) is 84.5 Å². The zero-order valence-electron chi connectivity index (χ0n) is 11.9. The molecule has 0 aromatic heterocycles. The summed E-state index contributed by atoms with van der Waals surface area (Å²) in [5, 5.41) is 3.20. The Hall–Kier alpha value is -1.15. The second-order valence-corrected chi connectivity index (χ2v) is 6.76. The van der Waals surface area contributed by atoms with Crippen LogP contribution in [0.3, 0.4) is 0 Å². The van der Waals surface area contributed by atoms with Crippen LogP contribution in [0.5, 0.6) is 0 Å². The summed E-state index contributed by atoms with van der Waals surface area (Å²) < 4.78 is 30.2. The van der Waals surface area contributed by atoms with Gasteiger partial charge in [-0.15, -0.1) is 0 Å². The van der Waals surface area contributed by atoms with Gasteiger partial charge in [-0.2, -0.15) is 0 Å². The van der Waals surface area contributed by atoms with Crippen molar-refractivity contribution in [1.29, 1.82) is 0 Å². The van der Waals surface area contributed by atoms with Crippen LogP contribution in [0.1, 0.15) is 18.0 Å². The molecule has 2 N–H and O–H groups in total. The van der Waals surface area contributed by atoms with Gasteiger partial charge < -0.3 is 10.1 Å². The second-order valence-electron chi connectivity index (χ2n) is 4.54. The number of nitrogens with one attached hydrogen (secondary N) is 2. The molecule has 1 aromatic carbocycles. The minimum absolute atomic E-state index is 0.00157. The molecular formula is C13H19ClN2O4S. The van der Waals surface area contributed by atoms with Crippen molar-refractivity contribution in [3.05, 3.63) is 34.9 Å². The van der Waals surface area contributed by atoms with E-state index in [9.17, 15) is 13.2 Å². The molecule has 0 unspecified atom stereocenters. The van der Waals surface area contributed by atoms with Gasteiger partial charge in [0.15, 0.2) is 0 Å². The summed E-state index contributed by atoms with van der Waals surface area (Å²) in [7, 11) is -1.90. The Morgan fingerprint density at radius 3 is 2.48 bits per heavy atom. The maximum atomic E-state index is 11.8. The Bertz CT molecular complexity index is 560. The normalized spacial score (nSPS) is 12.9. The molecule has 0 saturated carbocycles. The first-order valence-corrected chi connectivity index (χ1v) is 8.57. The van der Waals surface area contributed by atoms with E-state index in [1.54, 1.807) is 24.3 Å². The zero-order chi connectivity index (χ0) is 15.9. The van der Waals surface area contributed by atoms with Crippen molar-refractivity contribution in [2.75, 3.05) is 26.5 Å². The molecule has 0 aliphatic rings. The Kier molecular flexibility index (Phi) is 7.10. The first-order chi connectivity index (χ1) is 9.81. The van der Waals surface area contributed by atoms with Gasteiger partial charge >= 0.3 is 0 Å². The first-order valence-electron chi connectivity index (χ1n) is 6.30. The number of halogens is 1. The molecule has 1 aromatic rings. The third-order valence-corrected chi connectivity index (χ3v) is 3.61. The molecule has 0 bridgehead atoms. The van der Waals surface area contributed by atoms with Gasteiger partial charge in [0.2, 0.25) is 15.9 Å². The van der Waals surface area contributed by atoms with Crippen molar-refractivity contribution >= 4 is 27.5 Å². The fraction of sp³-hybridized carbons (Fsp3) is 0.462. The Labute approximate surface area is 129 Å². The molecule has 1 amide bonds. The molecule has 118 valence electrons. The molecule has 0 aliphatic heterocycles. The van der Waals surface area contributed by atoms with E-state index in [1.807, 2.05) is 0 Å². The molecule has 0 heterocycles. The van der Waals surface area contributed by atoms with Gasteiger partial charge in [-0.1, -0.05) is 23.7 Å². The van der Waals surface area contributed by atoms with Gasteiger partial charge in [0, 0.05) is 25.1 Å². The van der Waals surface area contributed by atoms with E-state index in [0.717, 1.165) is 6.26 Å². The van der Waals surface area contributed by atoms with Gasteiger partial charge in [-0.3, -0.25) is 4.79 Å². The van der Waals surface area contributed by atoms with E-state index >= 15 is 0 Å². The lowest BCUT2D eigenvalue weighted by Crippen LogP contribution is -2.34. The predicted octanol–water partition coefficient (Wildman–Crippen LogP) is 1.08. The fourth-order valence-corrected chi connectivity index (χ4v) is 2.59. The van der Waals surface area contributed by atoms with Crippen LogP contribution < -0.4 is 10.0 Å². The van der Waals surface area contributed by atoms with E-state index in [2.05, 4.69) is 10.0 Å². The van der Waals surface area contributed by atoms with Crippen molar-refractivity contribution in [2.45, 2.75) is 12.5 Å². The molecule has 1 rings (SSSR count). The van der Waals surface area contributed by atoms with Crippen molar-refractivity contribution in [2.24, 2.45) is 0 Å². The Morgan fingerprint density at radius 2 is 1.95 bits per heavy atom. The van der Waals surface area contributed by atoms with Crippen LogP contribution in [0.2, 0.25) is 5.02 Å². The standard InChI is InChI=1S/C13H19ClN2O4S/c1-20-8-7-15-13(17)9-12(16-21(2,18)19)10-3-5-11(14)6-4-10/h3-6,12,16H,7-9H2,1-2H3,(H,15,17)/t12-/m0/s1. The zero-order valence-corrected chi connectivity index (χ0v) is 13.5. The molecule has 0 saturated heterocycles. The second kappa shape index (κ2) is 8.33. The first kappa shape index (κ1) is 17.9. The average molecular weight is 335 g/mol. The summed E-state index contributed by atoms with van der Waals surface area (Å²) in [6.07, 6.45) is 1.05. The summed E-state index contributed by atoms with van der Waals surface area (Å²) in [5.74, 6) is -0.261. The number of hydrogen-bond donors (Lipinski definition) is 2. The molecule has 0 spiro atoms. The number of carbonyl (C=O) groups is 1. The van der Waals surface area contributed by atoms with Gasteiger partial charge in [0.05, 0.1) is 18.9 Å². The number of methoxy groups -OCH3 is 1. The van der Waals surface area contributed by atoms with Crippen molar-refractivity contribution in [1.82, 2.24) is 10.0 Å². The monoisotopic (exact) mass is 334 g/mol. The molecular weight excluding hydrogens is 316 g/mol. The lowest BCUT2D eigenvalue weighted by molar-refractivity contribution is -0.121. The molecule has 21 heavy (non-hydrogen) atoms. The third kappa shape index (κ3) is 7.42. The van der Waals surface area contributed by atoms with Gasteiger partial charge in [0.25, 0.3) is 0 Å². The van der Waals surface area contributed by atoms with Crippen LogP contribution in [-0.4, -0.2) is 40.8 Å². The largest absolute Gasteiger partial charge is 0.383 e. The van der Waals surface area contributed by atoms with Crippen LogP contribution in [0.4, 0.5) is 0 Å². The minimum Gasteiger partial charge on any atom is -0.383 e. The van der Waals surface area contributed by atoms with Gasteiger partial charge in [-0.05, 0) is 17.7 Å². The third-order valence-electron chi connectivity index (χ3n) is 2.65. The van der Waals surface area contributed by atoms with Crippen LogP contribution in [0.25, 0.3) is 0 Å². The maximum Gasteiger partial charge on any atom is 0.222 e. The van der Waals surface area contributed by atoms with E-state index in [-0.39, 0.29) is 12.3 Å². The number of hydrogen-bond acceptors (Lipinski definition) is 4. The molecule has 0 radical (unpaired) electrons. The van der Waals surface area contributed by atoms with Crippen molar-refractivity contribution in [3.63, 3.8) is 0 Å². The number of benzene rings is 1. The highest BCUT2D eigenvalue weighted by molar-refractivity contribution is 7.88. The summed E-state index contributed by atoms with van der Waals surface area (Å²) >= 11 is 5.81. The molecule has 6 nitrogen and oxygen atoms in total. The van der Waals surface area contributed by atoms with Crippen LogP contribution in [0, 0.1) is 0 Å². The van der Waals surface area contributed by atoms with Gasteiger partial charge in [-0.25, -0.2) is 13.1 Å². The lowest BCUT2D eigenvalue weighted by atomic mass is 10.0. The van der Waals surface area contributed by atoms with Gasteiger partial charge in [0.1, 0.15) is 0 Å². The average Bonchev–Trinajstić information content (AvgIpc) is 2.37. The van der Waals surface area contributed by atoms with E-state index in [1.165, 1.54) is 7.11 Å². The lowest BCUT2D eigenvalue weighted by Gasteiger charge is -2.18.